The van der Waals surface area contributed by atoms with Gasteiger partial charge in [0.15, 0.2) is 23.3 Å². The Labute approximate surface area is 165 Å². The van der Waals surface area contributed by atoms with E-state index in [9.17, 15) is 35.5 Å². The number of rotatable bonds is 4. The van der Waals surface area contributed by atoms with E-state index in [1.165, 1.54) is 6.07 Å². The molecule has 2 aromatic carbocycles. The fraction of sp³-hybridized carbons (Fsp3) is 0.316. The topological polar surface area (TPSA) is 38.8 Å². The van der Waals surface area contributed by atoms with Crippen molar-refractivity contribution in [1.29, 1.82) is 0 Å². The van der Waals surface area contributed by atoms with E-state index < -0.39 is 52.6 Å². The van der Waals surface area contributed by atoms with Gasteiger partial charge in [-0.2, -0.15) is 13.2 Å². The van der Waals surface area contributed by atoms with Crippen molar-refractivity contribution in [1.82, 2.24) is 4.90 Å². The highest BCUT2D eigenvalue weighted by Gasteiger charge is 2.32. The van der Waals surface area contributed by atoms with E-state index in [4.69, 9.17) is 9.47 Å². The number of hydrogen-bond donors (Lipinski definition) is 0. The van der Waals surface area contributed by atoms with Crippen LogP contribution in [0.1, 0.15) is 15.9 Å². The van der Waals surface area contributed by atoms with Gasteiger partial charge in [0.1, 0.15) is 18.5 Å². The quantitative estimate of drug-likeness (QED) is 0.409. The van der Waals surface area contributed by atoms with Crippen molar-refractivity contribution in [2.45, 2.75) is 12.3 Å². The number of benzene rings is 2. The van der Waals surface area contributed by atoms with E-state index in [-0.39, 0.29) is 38.1 Å². The van der Waals surface area contributed by atoms with Crippen LogP contribution < -0.4 is 4.74 Å². The van der Waals surface area contributed by atoms with E-state index in [2.05, 4.69) is 0 Å². The van der Waals surface area contributed by atoms with Gasteiger partial charge in [0.2, 0.25) is 0 Å². The van der Waals surface area contributed by atoms with Crippen LogP contribution in [0.15, 0.2) is 30.3 Å². The van der Waals surface area contributed by atoms with Gasteiger partial charge in [-0.05, 0) is 24.3 Å². The predicted molar refractivity (Wildman–Crippen MR) is 88.9 cm³/mol. The first-order chi connectivity index (χ1) is 14.1. The average molecular weight is 437 g/mol. The molecule has 0 saturated carbocycles. The molecule has 0 spiro atoms. The predicted octanol–water partition coefficient (Wildman–Crippen LogP) is 4.18. The summed E-state index contributed by atoms with van der Waals surface area (Å²) in [5.74, 6) is -8.82. The molecule has 1 saturated heterocycles. The van der Waals surface area contributed by atoms with E-state index in [0.717, 1.165) is 23.1 Å². The van der Waals surface area contributed by atoms with Crippen LogP contribution in [0.25, 0.3) is 0 Å². The lowest BCUT2D eigenvalue weighted by Crippen LogP contribution is -2.48. The molecule has 0 aliphatic carbocycles. The Kier molecular flexibility index (Phi) is 6.20. The summed E-state index contributed by atoms with van der Waals surface area (Å²) in [7, 11) is 0. The van der Waals surface area contributed by atoms with Crippen molar-refractivity contribution in [3.05, 3.63) is 64.7 Å². The summed E-state index contributed by atoms with van der Waals surface area (Å²) in [5, 5.41) is 0. The van der Waals surface area contributed by atoms with Crippen molar-refractivity contribution >= 4 is 5.91 Å². The molecule has 3 rings (SSSR count). The third-order valence-electron chi connectivity index (χ3n) is 4.36. The molecule has 0 N–H and O–H groups in total. The van der Waals surface area contributed by atoms with Crippen molar-refractivity contribution in [2.75, 3.05) is 26.3 Å². The Hall–Kier alpha value is -2.82. The SMILES string of the molecule is O=C(c1cc(F)c(F)c(F)c1F)N1CCO[C@H](COc2cccc(C(F)(F)F)c2)C1. The molecule has 11 heteroatoms. The van der Waals surface area contributed by atoms with Gasteiger partial charge in [-0.25, -0.2) is 17.6 Å². The first-order valence-electron chi connectivity index (χ1n) is 8.62. The molecule has 1 fully saturated rings. The second kappa shape index (κ2) is 8.50. The number of carbonyl (C=O) groups excluding carboxylic acids is 1. The molecule has 2 aromatic rings. The Balaban J connectivity index is 1.67. The number of alkyl halides is 3. The number of halogens is 7. The molecule has 4 nitrogen and oxygen atoms in total. The third-order valence-corrected chi connectivity index (χ3v) is 4.36. The molecule has 1 aliphatic heterocycles. The van der Waals surface area contributed by atoms with Gasteiger partial charge < -0.3 is 14.4 Å². The zero-order valence-electron chi connectivity index (χ0n) is 15.1. The van der Waals surface area contributed by atoms with Crippen LogP contribution in [0.3, 0.4) is 0 Å². The minimum Gasteiger partial charge on any atom is -0.491 e. The van der Waals surface area contributed by atoms with Crippen LogP contribution in [0.2, 0.25) is 0 Å². The normalized spacial score (nSPS) is 17.2. The lowest BCUT2D eigenvalue weighted by atomic mass is 10.1. The molecule has 0 aromatic heterocycles. The van der Waals surface area contributed by atoms with E-state index >= 15 is 0 Å². The van der Waals surface area contributed by atoms with Crippen molar-refractivity contribution < 1.29 is 45.0 Å². The summed E-state index contributed by atoms with van der Waals surface area (Å²) in [6, 6.07) is 4.40. The maximum Gasteiger partial charge on any atom is 0.416 e. The maximum atomic E-state index is 13.9. The molecule has 0 unspecified atom stereocenters. The highest BCUT2D eigenvalue weighted by Crippen LogP contribution is 2.31. The molecular formula is C19H14F7NO3. The molecule has 1 amide bonds. The minimum absolute atomic E-state index is 0.0316. The number of amides is 1. The van der Waals surface area contributed by atoms with Gasteiger partial charge >= 0.3 is 6.18 Å². The van der Waals surface area contributed by atoms with Gasteiger partial charge in [-0.1, -0.05) is 6.07 Å². The van der Waals surface area contributed by atoms with Crippen LogP contribution in [-0.4, -0.2) is 43.2 Å². The zero-order valence-corrected chi connectivity index (χ0v) is 15.1. The first kappa shape index (κ1) is 21.9. The smallest absolute Gasteiger partial charge is 0.416 e. The van der Waals surface area contributed by atoms with E-state index in [1.54, 1.807) is 0 Å². The van der Waals surface area contributed by atoms with Gasteiger partial charge in [-0.3, -0.25) is 4.79 Å². The lowest BCUT2D eigenvalue weighted by molar-refractivity contribution is -0.137. The molecule has 0 radical (unpaired) electrons. The van der Waals surface area contributed by atoms with Gasteiger partial charge in [0.25, 0.3) is 5.91 Å². The fourth-order valence-corrected chi connectivity index (χ4v) is 2.85. The summed E-state index contributed by atoms with van der Waals surface area (Å²) >= 11 is 0. The van der Waals surface area contributed by atoms with E-state index in [1.807, 2.05) is 0 Å². The molecule has 1 atom stereocenters. The maximum absolute atomic E-state index is 13.9. The molecule has 0 bridgehead atoms. The molecule has 1 aliphatic rings. The Morgan fingerprint density at radius 1 is 1.10 bits per heavy atom. The molecule has 1 heterocycles. The fourth-order valence-electron chi connectivity index (χ4n) is 2.85. The third kappa shape index (κ3) is 4.66. The second-order valence-corrected chi connectivity index (χ2v) is 6.43. The van der Waals surface area contributed by atoms with Crippen molar-refractivity contribution in [3.63, 3.8) is 0 Å². The van der Waals surface area contributed by atoms with Crippen LogP contribution in [0.5, 0.6) is 5.75 Å². The summed E-state index contributed by atoms with van der Waals surface area (Å²) in [6.45, 7) is -0.493. The molecule has 162 valence electrons. The number of carbonyl (C=O) groups is 1. The van der Waals surface area contributed by atoms with Gasteiger partial charge in [-0.15, -0.1) is 0 Å². The standard InChI is InChI=1S/C19H14F7NO3/c20-14-7-13(15(21)17(23)16(14)22)18(28)27-4-5-29-12(8-27)9-30-11-3-1-2-10(6-11)19(24,25)26/h1-3,6-7,12H,4-5,8-9H2/t12-/m0/s1. The van der Waals surface area contributed by atoms with Crippen LogP contribution >= 0.6 is 0 Å². The molecular weight excluding hydrogens is 423 g/mol. The van der Waals surface area contributed by atoms with E-state index in [0.29, 0.717) is 0 Å². The Morgan fingerprint density at radius 3 is 2.53 bits per heavy atom. The van der Waals surface area contributed by atoms with Crippen molar-refractivity contribution in [3.8, 4) is 5.75 Å². The first-order valence-corrected chi connectivity index (χ1v) is 8.62. The van der Waals surface area contributed by atoms with Crippen LogP contribution in [-0.2, 0) is 10.9 Å². The van der Waals surface area contributed by atoms with Crippen LogP contribution in [0.4, 0.5) is 30.7 Å². The Morgan fingerprint density at radius 2 is 1.83 bits per heavy atom. The average Bonchev–Trinajstić information content (AvgIpc) is 2.72. The summed E-state index contributed by atoms with van der Waals surface area (Å²) in [6.07, 6.45) is -5.34. The summed E-state index contributed by atoms with van der Waals surface area (Å²) < 4.78 is 103. The zero-order chi connectivity index (χ0) is 22.1. The second-order valence-electron chi connectivity index (χ2n) is 6.43. The number of morpholine rings is 1. The Bertz CT molecular complexity index is 948. The largest absolute Gasteiger partial charge is 0.491 e. The summed E-state index contributed by atoms with van der Waals surface area (Å²) in [5.41, 5.74) is -1.89. The number of hydrogen-bond acceptors (Lipinski definition) is 3. The number of nitrogens with zero attached hydrogens (tertiary/aromatic N) is 1. The summed E-state index contributed by atoms with van der Waals surface area (Å²) in [4.78, 5) is 13.4. The number of ether oxygens (including phenoxy) is 2. The van der Waals surface area contributed by atoms with Gasteiger partial charge in [0.05, 0.1) is 24.3 Å². The lowest BCUT2D eigenvalue weighted by Gasteiger charge is -2.33. The highest BCUT2D eigenvalue weighted by atomic mass is 19.4. The van der Waals surface area contributed by atoms with Crippen LogP contribution in [0, 0.1) is 23.3 Å². The minimum atomic E-state index is -4.55. The monoisotopic (exact) mass is 437 g/mol. The molecule has 30 heavy (non-hydrogen) atoms. The van der Waals surface area contributed by atoms with Gasteiger partial charge in [0, 0.05) is 6.54 Å². The van der Waals surface area contributed by atoms with Crippen molar-refractivity contribution in [2.24, 2.45) is 0 Å². The highest BCUT2D eigenvalue weighted by molar-refractivity contribution is 5.94.